The molecule has 0 aliphatic rings. The first-order valence-electron chi connectivity index (χ1n) is 9.66. The van der Waals surface area contributed by atoms with E-state index in [1.54, 1.807) is 12.1 Å². The summed E-state index contributed by atoms with van der Waals surface area (Å²) in [5.41, 5.74) is 0.725. The smallest absolute Gasteiger partial charge is 0.354 e. The molecule has 0 bridgehead atoms. The Balaban J connectivity index is 2.49. The van der Waals surface area contributed by atoms with Gasteiger partial charge >= 0.3 is 6.18 Å². The summed E-state index contributed by atoms with van der Waals surface area (Å²) in [6, 6.07) is 11.0. The van der Waals surface area contributed by atoms with Gasteiger partial charge in [-0.05, 0) is 64.4 Å². The summed E-state index contributed by atoms with van der Waals surface area (Å²) >= 11 is 0. The third-order valence-corrected chi connectivity index (χ3v) is 5.92. The molecule has 0 aliphatic heterocycles. The van der Waals surface area contributed by atoms with Crippen molar-refractivity contribution in [1.29, 1.82) is 0 Å². The van der Waals surface area contributed by atoms with E-state index >= 15 is 0 Å². The Bertz CT molecular complexity index is 971. The minimum atomic E-state index is -4.42. The maximum absolute atomic E-state index is 12.9. The van der Waals surface area contributed by atoms with Crippen LogP contribution < -0.4 is 0 Å². The number of halogens is 3. The Labute approximate surface area is 176 Å². The molecular formula is C22H27F3N2O2S. The first kappa shape index (κ1) is 23.9. The van der Waals surface area contributed by atoms with Gasteiger partial charge in [-0.1, -0.05) is 29.8 Å². The van der Waals surface area contributed by atoms with E-state index in [2.05, 4.69) is 4.40 Å². The maximum atomic E-state index is 12.9. The van der Waals surface area contributed by atoms with Gasteiger partial charge in [-0.2, -0.15) is 21.6 Å². The van der Waals surface area contributed by atoms with Gasteiger partial charge in [-0.25, -0.2) is 0 Å². The van der Waals surface area contributed by atoms with Gasteiger partial charge in [0.2, 0.25) is 0 Å². The van der Waals surface area contributed by atoms with Crippen molar-refractivity contribution in [1.82, 2.24) is 4.90 Å². The Kier molecular flexibility index (Phi) is 7.34. The lowest BCUT2D eigenvalue weighted by molar-refractivity contribution is -0.137. The van der Waals surface area contributed by atoms with Gasteiger partial charge in [-0.15, -0.1) is 4.40 Å². The van der Waals surface area contributed by atoms with Gasteiger partial charge in [0, 0.05) is 18.5 Å². The van der Waals surface area contributed by atoms with E-state index in [-0.39, 0.29) is 23.4 Å². The second-order valence-electron chi connectivity index (χ2n) is 7.76. The van der Waals surface area contributed by atoms with Crippen LogP contribution in [0.2, 0.25) is 0 Å². The fraction of sp³-hybridized carbons (Fsp3) is 0.409. The van der Waals surface area contributed by atoms with Gasteiger partial charge in [0.1, 0.15) is 5.84 Å². The van der Waals surface area contributed by atoms with Crippen molar-refractivity contribution in [3.05, 3.63) is 65.2 Å². The highest BCUT2D eigenvalue weighted by Crippen LogP contribution is 2.29. The van der Waals surface area contributed by atoms with Crippen LogP contribution in [0.4, 0.5) is 13.2 Å². The molecular weight excluding hydrogens is 413 g/mol. The first-order chi connectivity index (χ1) is 13.8. The number of aryl methyl sites for hydroxylation is 1. The molecule has 0 heterocycles. The molecule has 0 atom stereocenters. The van der Waals surface area contributed by atoms with E-state index in [0.717, 1.165) is 17.7 Å². The van der Waals surface area contributed by atoms with Crippen molar-refractivity contribution < 1.29 is 21.6 Å². The second-order valence-corrected chi connectivity index (χ2v) is 9.37. The Morgan fingerprint density at radius 3 is 1.87 bits per heavy atom. The molecule has 2 aromatic carbocycles. The second kappa shape index (κ2) is 9.20. The zero-order valence-electron chi connectivity index (χ0n) is 17.7. The van der Waals surface area contributed by atoms with Gasteiger partial charge in [-0.3, -0.25) is 0 Å². The molecule has 0 unspecified atom stereocenters. The topological polar surface area (TPSA) is 49.7 Å². The molecule has 0 aliphatic carbocycles. The predicted molar refractivity (Wildman–Crippen MR) is 113 cm³/mol. The average Bonchev–Trinajstić information content (AvgIpc) is 2.60. The number of nitrogens with zero attached hydrogens (tertiary/aromatic N) is 2. The first-order valence-corrected chi connectivity index (χ1v) is 11.1. The molecule has 164 valence electrons. The van der Waals surface area contributed by atoms with Crippen LogP contribution in [0, 0.1) is 6.92 Å². The third kappa shape index (κ3) is 6.08. The fourth-order valence-corrected chi connectivity index (χ4v) is 4.28. The molecule has 2 rings (SSSR count). The number of sulfonamides is 1. The predicted octanol–water partition coefficient (Wildman–Crippen LogP) is 5.46. The summed E-state index contributed by atoms with van der Waals surface area (Å²) in [5, 5.41) is 0. The Morgan fingerprint density at radius 1 is 0.933 bits per heavy atom. The van der Waals surface area contributed by atoms with E-state index in [4.69, 9.17) is 0 Å². The summed E-state index contributed by atoms with van der Waals surface area (Å²) in [7, 11) is -3.97. The highest BCUT2D eigenvalue weighted by atomic mass is 32.2. The summed E-state index contributed by atoms with van der Waals surface area (Å²) < 4.78 is 68.5. The standard InChI is InChI=1S/C22H27F3N2O2S/c1-15(2)27(16(3)4)21(14-18-8-10-19(11-9-18)22(23,24)25)26-30(28,29)20-12-6-17(5)7-13-20/h6-13,15-16H,14H2,1-5H3/b26-21+. The molecule has 0 fully saturated rings. The summed E-state index contributed by atoms with van der Waals surface area (Å²) in [5.74, 6) is 0.292. The minimum Gasteiger partial charge on any atom is -0.354 e. The number of hydrogen-bond donors (Lipinski definition) is 0. The summed E-state index contributed by atoms with van der Waals surface area (Å²) in [6.07, 6.45) is -4.33. The lowest BCUT2D eigenvalue weighted by atomic mass is 10.1. The lowest BCUT2D eigenvalue weighted by Gasteiger charge is -2.34. The van der Waals surface area contributed by atoms with Crippen LogP contribution in [0.15, 0.2) is 57.8 Å². The van der Waals surface area contributed by atoms with Gasteiger partial charge in [0.05, 0.1) is 10.5 Å². The minimum absolute atomic E-state index is 0.0496. The molecule has 2 aromatic rings. The van der Waals surface area contributed by atoms with E-state index in [1.165, 1.54) is 24.3 Å². The SMILES string of the molecule is Cc1ccc(S(=O)(=O)/N=C(\Cc2ccc(C(F)(F)F)cc2)N(C(C)C)C(C)C)cc1. The van der Waals surface area contributed by atoms with Crippen molar-refractivity contribution in [3.63, 3.8) is 0 Å². The van der Waals surface area contributed by atoms with E-state index in [0.29, 0.717) is 11.4 Å². The highest BCUT2D eigenvalue weighted by molar-refractivity contribution is 7.90. The molecule has 0 saturated carbocycles. The van der Waals surface area contributed by atoms with Crippen molar-refractivity contribution in [2.75, 3.05) is 0 Å². The summed E-state index contributed by atoms with van der Waals surface area (Å²) in [6.45, 7) is 9.53. The normalized spacial score (nSPS) is 13.2. The Hall–Kier alpha value is -2.35. The average molecular weight is 441 g/mol. The number of alkyl halides is 3. The van der Waals surface area contributed by atoms with Crippen LogP contribution in [0.5, 0.6) is 0 Å². The molecule has 30 heavy (non-hydrogen) atoms. The van der Waals surface area contributed by atoms with Crippen LogP contribution in [-0.2, 0) is 22.6 Å². The van der Waals surface area contributed by atoms with Crippen molar-refractivity contribution in [2.45, 2.75) is 64.2 Å². The van der Waals surface area contributed by atoms with Crippen molar-refractivity contribution in [2.24, 2.45) is 4.40 Å². The van der Waals surface area contributed by atoms with Crippen molar-refractivity contribution >= 4 is 15.9 Å². The number of rotatable bonds is 6. The van der Waals surface area contributed by atoms with Crippen LogP contribution >= 0.6 is 0 Å². The van der Waals surface area contributed by atoms with E-state index in [1.807, 2.05) is 39.5 Å². The van der Waals surface area contributed by atoms with Crippen LogP contribution in [0.3, 0.4) is 0 Å². The molecule has 0 N–H and O–H groups in total. The molecule has 0 saturated heterocycles. The quantitative estimate of drug-likeness (QED) is 0.443. The zero-order valence-corrected chi connectivity index (χ0v) is 18.6. The number of benzene rings is 2. The van der Waals surface area contributed by atoms with Crippen LogP contribution in [0.1, 0.15) is 44.4 Å². The van der Waals surface area contributed by atoms with Gasteiger partial charge < -0.3 is 4.90 Å². The van der Waals surface area contributed by atoms with E-state index in [9.17, 15) is 21.6 Å². The molecule has 0 aromatic heterocycles. The lowest BCUT2D eigenvalue weighted by Crippen LogP contribution is -2.43. The monoisotopic (exact) mass is 440 g/mol. The Morgan fingerprint density at radius 2 is 1.43 bits per heavy atom. The fourth-order valence-electron chi connectivity index (χ4n) is 3.26. The van der Waals surface area contributed by atoms with Gasteiger partial charge in [0.15, 0.2) is 0 Å². The molecule has 0 amide bonds. The van der Waals surface area contributed by atoms with E-state index < -0.39 is 21.8 Å². The molecule has 0 radical (unpaired) electrons. The largest absolute Gasteiger partial charge is 0.416 e. The van der Waals surface area contributed by atoms with Crippen LogP contribution in [0.25, 0.3) is 0 Å². The van der Waals surface area contributed by atoms with Crippen molar-refractivity contribution in [3.8, 4) is 0 Å². The summed E-state index contributed by atoms with van der Waals surface area (Å²) in [4.78, 5) is 1.94. The zero-order chi connectivity index (χ0) is 22.7. The third-order valence-electron chi connectivity index (χ3n) is 4.60. The van der Waals surface area contributed by atoms with Crippen LogP contribution in [-0.4, -0.2) is 31.2 Å². The highest BCUT2D eigenvalue weighted by Gasteiger charge is 2.30. The number of amidine groups is 1. The number of hydrogen-bond acceptors (Lipinski definition) is 2. The molecule has 4 nitrogen and oxygen atoms in total. The maximum Gasteiger partial charge on any atom is 0.416 e. The molecule has 0 spiro atoms. The van der Waals surface area contributed by atoms with Gasteiger partial charge in [0.25, 0.3) is 10.0 Å². The molecule has 8 heteroatoms.